The van der Waals surface area contributed by atoms with E-state index >= 15 is 0 Å². The average Bonchev–Trinajstić information content (AvgIpc) is 2.49. The van der Waals surface area contributed by atoms with E-state index in [9.17, 15) is 9.59 Å². The van der Waals surface area contributed by atoms with Gasteiger partial charge >= 0.3 is 11.9 Å². The van der Waals surface area contributed by atoms with Crippen LogP contribution in [0, 0.1) is 0 Å². The molecule has 0 unspecified atom stereocenters. The highest BCUT2D eigenvalue weighted by Gasteiger charge is 2.23. The van der Waals surface area contributed by atoms with Crippen molar-refractivity contribution in [2.45, 2.75) is 39.2 Å². The lowest BCUT2D eigenvalue weighted by atomic mass is 9.97. The Hall–Kier alpha value is -2.56. The van der Waals surface area contributed by atoms with Crippen LogP contribution in [0.5, 0.6) is 5.75 Å². The highest BCUT2D eigenvalue weighted by Crippen LogP contribution is 2.26. The van der Waals surface area contributed by atoms with Crippen LogP contribution in [0.2, 0.25) is 0 Å². The first-order valence-electron chi connectivity index (χ1n) is 7.77. The van der Waals surface area contributed by atoms with Crippen molar-refractivity contribution < 1.29 is 24.2 Å². The van der Waals surface area contributed by atoms with Crippen LogP contribution >= 0.6 is 0 Å². The number of hydrogen-bond donors (Lipinski definition) is 1. The smallest absolute Gasteiger partial charge is 0.341 e. The lowest BCUT2D eigenvalue weighted by Gasteiger charge is -2.22. The zero-order chi connectivity index (χ0) is 17.9. The molecule has 2 aromatic rings. The fraction of sp³-hybridized carbons (Fsp3) is 0.368. The second-order valence-corrected chi connectivity index (χ2v) is 6.71. The van der Waals surface area contributed by atoms with Crippen molar-refractivity contribution in [3.63, 3.8) is 0 Å². The lowest BCUT2D eigenvalue weighted by Crippen LogP contribution is -2.26. The Bertz CT molecular complexity index is 758. The van der Waals surface area contributed by atoms with E-state index in [1.54, 1.807) is 12.1 Å². The summed E-state index contributed by atoms with van der Waals surface area (Å²) in [5.41, 5.74) is 0.356. The average molecular weight is 330 g/mol. The van der Waals surface area contributed by atoms with E-state index in [-0.39, 0.29) is 18.5 Å². The van der Waals surface area contributed by atoms with Crippen molar-refractivity contribution in [3.05, 3.63) is 42.0 Å². The van der Waals surface area contributed by atoms with Gasteiger partial charge < -0.3 is 14.6 Å². The zero-order valence-electron chi connectivity index (χ0n) is 14.3. The topological polar surface area (TPSA) is 72.8 Å². The van der Waals surface area contributed by atoms with Crippen LogP contribution in [0.3, 0.4) is 0 Å². The predicted octanol–water partition coefficient (Wildman–Crippen LogP) is 3.75. The number of carbonyl (C=O) groups excluding carboxylic acids is 1. The third kappa shape index (κ3) is 4.72. The van der Waals surface area contributed by atoms with Crippen LogP contribution in [0.4, 0.5) is 0 Å². The zero-order valence-corrected chi connectivity index (χ0v) is 14.3. The first-order chi connectivity index (χ1) is 11.2. The molecule has 1 atom stereocenters. The summed E-state index contributed by atoms with van der Waals surface area (Å²) in [6.07, 6.45) is 0. The van der Waals surface area contributed by atoms with E-state index in [1.807, 2.05) is 52.0 Å². The number of carbonyl (C=O) groups is 2. The molecule has 1 N–H and O–H groups in total. The van der Waals surface area contributed by atoms with Gasteiger partial charge in [-0.25, -0.2) is 4.79 Å². The summed E-state index contributed by atoms with van der Waals surface area (Å²) < 4.78 is 10.6. The second-order valence-electron chi connectivity index (χ2n) is 6.71. The molecule has 0 aromatic heterocycles. The normalized spacial score (nSPS) is 12.7. The molecule has 2 aromatic carbocycles. The molecule has 0 amide bonds. The third-order valence-corrected chi connectivity index (χ3v) is 3.46. The predicted molar refractivity (Wildman–Crippen MR) is 91.3 cm³/mol. The number of esters is 1. The van der Waals surface area contributed by atoms with Gasteiger partial charge in [-0.2, -0.15) is 0 Å². The van der Waals surface area contributed by atoms with Crippen LogP contribution < -0.4 is 4.74 Å². The molecule has 0 heterocycles. The van der Waals surface area contributed by atoms with E-state index in [1.165, 1.54) is 0 Å². The molecular weight excluding hydrogens is 308 g/mol. The van der Waals surface area contributed by atoms with Crippen molar-refractivity contribution in [1.82, 2.24) is 0 Å². The molecule has 0 aliphatic carbocycles. The van der Waals surface area contributed by atoms with E-state index in [4.69, 9.17) is 14.6 Å². The van der Waals surface area contributed by atoms with Crippen LogP contribution in [0.1, 0.15) is 39.2 Å². The van der Waals surface area contributed by atoms with Crippen molar-refractivity contribution in [1.29, 1.82) is 0 Å². The minimum Gasteiger partial charge on any atom is -0.482 e. The van der Waals surface area contributed by atoms with E-state index in [0.717, 1.165) is 16.3 Å². The Balaban J connectivity index is 2.20. The summed E-state index contributed by atoms with van der Waals surface area (Å²) in [4.78, 5) is 22.8. The van der Waals surface area contributed by atoms with Gasteiger partial charge in [-0.15, -0.1) is 0 Å². The maximum absolute atomic E-state index is 12.2. The number of fused-ring (bicyclic) bond motifs is 1. The van der Waals surface area contributed by atoms with Gasteiger partial charge in [0.25, 0.3) is 0 Å². The fourth-order valence-electron chi connectivity index (χ4n) is 2.27. The second kappa shape index (κ2) is 6.91. The Kier molecular flexibility index (Phi) is 5.12. The molecule has 2 rings (SSSR count). The maximum atomic E-state index is 12.2. The maximum Gasteiger partial charge on any atom is 0.341 e. The standard InChI is InChI=1S/C19H22O5/c1-12(18(22)24-19(2,3)4)13-5-6-15-10-16(23-11-17(20)21)8-7-14(15)9-13/h5-10,12H,11H2,1-4H3,(H,20,21)/t12-/m1/s1. The minimum atomic E-state index is -1.02. The Morgan fingerprint density at radius 1 is 1.08 bits per heavy atom. The monoisotopic (exact) mass is 330 g/mol. The summed E-state index contributed by atoms with van der Waals surface area (Å²) in [5.74, 6) is -1.14. The molecule has 0 aliphatic rings. The van der Waals surface area contributed by atoms with Crippen LogP contribution in [-0.2, 0) is 14.3 Å². The molecule has 0 fully saturated rings. The number of aliphatic carboxylic acids is 1. The highest BCUT2D eigenvalue weighted by atomic mass is 16.6. The van der Waals surface area contributed by atoms with Gasteiger partial charge in [0, 0.05) is 0 Å². The number of carboxylic acids is 1. The van der Waals surface area contributed by atoms with Crippen LogP contribution in [-0.4, -0.2) is 29.3 Å². The Morgan fingerprint density at radius 2 is 1.71 bits per heavy atom. The number of rotatable bonds is 5. The molecule has 0 saturated heterocycles. The number of benzene rings is 2. The molecule has 0 bridgehead atoms. The molecule has 0 aliphatic heterocycles. The fourth-order valence-corrected chi connectivity index (χ4v) is 2.27. The van der Waals surface area contributed by atoms with Gasteiger partial charge in [0.1, 0.15) is 11.4 Å². The van der Waals surface area contributed by atoms with Crippen molar-refractivity contribution in [3.8, 4) is 5.75 Å². The van der Waals surface area contributed by atoms with Gasteiger partial charge in [-0.3, -0.25) is 4.79 Å². The van der Waals surface area contributed by atoms with Gasteiger partial charge in [-0.1, -0.05) is 24.3 Å². The molecule has 24 heavy (non-hydrogen) atoms. The summed E-state index contributed by atoms with van der Waals surface area (Å²) in [6.45, 7) is 6.98. The van der Waals surface area contributed by atoms with E-state index < -0.39 is 11.6 Å². The van der Waals surface area contributed by atoms with E-state index in [0.29, 0.717) is 5.75 Å². The molecule has 5 nitrogen and oxygen atoms in total. The SMILES string of the molecule is C[C@@H](C(=O)OC(C)(C)C)c1ccc2cc(OCC(=O)O)ccc2c1. The molecule has 0 saturated carbocycles. The van der Waals surface area contributed by atoms with Gasteiger partial charge in [0.15, 0.2) is 6.61 Å². The number of carboxylic acid groups (broad SMARTS) is 1. The van der Waals surface area contributed by atoms with Gasteiger partial charge in [0.05, 0.1) is 5.92 Å². The van der Waals surface area contributed by atoms with Crippen molar-refractivity contribution >= 4 is 22.7 Å². The number of hydrogen-bond acceptors (Lipinski definition) is 4. The van der Waals surface area contributed by atoms with Crippen molar-refractivity contribution in [2.24, 2.45) is 0 Å². The minimum absolute atomic E-state index is 0.261. The summed E-state index contributed by atoms with van der Waals surface area (Å²) in [5, 5.41) is 10.5. The first-order valence-corrected chi connectivity index (χ1v) is 7.77. The molecule has 128 valence electrons. The molecular formula is C19H22O5. The lowest BCUT2D eigenvalue weighted by molar-refractivity contribution is -0.156. The molecule has 0 radical (unpaired) electrons. The molecule has 5 heteroatoms. The summed E-state index contributed by atoms with van der Waals surface area (Å²) in [7, 11) is 0. The Morgan fingerprint density at radius 3 is 2.33 bits per heavy atom. The van der Waals surface area contributed by atoms with E-state index in [2.05, 4.69) is 0 Å². The third-order valence-electron chi connectivity index (χ3n) is 3.46. The largest absolute Gasteiger partial charge is 0.482 e. The first kappa shape index (κ1) is 17.8. The summed E-state index contributed by atoms with van der Waals surface area (Å²) >= 11 is 0. The highest BCUT2D eigenvalue weighted by molar-refractivity contribution is 5.87. The van der Waals surface area contributed by atoms with Crippen LogP contribution in [0.15, 0.2) is 36.4 Å². The van der Waals surface area contributed by atoms with Crippen LogP contribution in [0.25, 0.3) is 10.8 Å². The number of ether oxygens (including phenoxy) is 2. The summed E-state index contributed by atoms with van der Waals surface area (Å²) in [6, 6.07) is 11.0. The van der Waals surface area contributed by atoms with Gasteiger partial charge in [0.2, 0.25) is 0 Å². The van der Waals surface area contributed by atoms with Crippen molar-refractivity contribution in [2.75, 3.05) is 6.61 Å². The molecule has 0 spiro atoms. The Labute approximate surface area is 141 Å². The quantitative estimate of drug-likeness (QED) is 0.845. The van der Waals surface area contributed by atoms with Gasteiger partial charge in [-0.05, 0) is 56.2 Å².